The van der Waals surface area contributed by atoms with Crippen LogP contribution >= 0.6 is 0 Å². The van der Waals surface area contributed by atoms with Crippen molar-refractivity contribution >= 4 is 22.9 Å². The van der Waals surface area contributed by atoms with Crippen LogP contribution in [0.4, 0.5) is 0 Å². The van der Waals surface area contributed by atoms with Gasteiger partial charge >= 0.3 is 11.9 Å². The van der Waals surface area contributed by atoms with E-state index in [4.69, 9.17) is 18.6 Å². The number of hydrogen-bond acceptors (Lipinski definition) is 7. The molecule has 0 aliphatic carbocycles. The Labute approximate surface area is 169 Å². The van der Waals surface area contributed by atoms with Gasteiger partial charge in [0, 0.05) is 25.5 Å². The van der Waals surface area contributed by atoms with Crippen LogP contribution in [0.3, 0.4) is 0 Å². The molecule has 0 unspecified atom stereocenters. The van der Waals surface area contributed by atoms with Crippen LogP contribution in [0.2, 0.25) is 0 Å². The highest BCUT2D eigenvalue weighted by molar-refractivity contribution is 5.86. The summed E-state index contributed by atoms with van der Waals surface area (Å²) in [5.74, 6) is 0.396. The van der Waals surface area contributed by atoms with Crippen LogP contribution in [-0.2, 0) is 31.9 Å². The molecule has 7 nitrogen and oxygen atoms in total. The third-order valence-corrected chi connectivity index (χ3v) is 4.64. The minimum absolute atomic E-state index is 0.0329. The Kier molecular flexibility index (Phi) is 8.24. The van der Waals surface area contributed by atoms with Crippen LogP contribution in [0.15, 0.2) is 27.4 Å². The van der Waals surface area contributed by atoms with E-state index in [1.807, 2.05) is 6.92 Å². The molecule has 1 atom stereocenters. The Morgan fingerprint density at radius 2 is 1.86 bits per heavy atom. The lowest BCUT2D eigenvalue weighted by atomic mass is 10.0. The van der Waals surface area contributed by atoms with Crippen molar-refractivity contribution in [1.82, 2.24) is 0 Å². The summed E-state index contributed by atoms with van der Waals surface area (Å²) >= 11 is 0. The van der Waals surface area contributed by atoms with E-state index in [1.54, 1.807) is 12.1 Å². The first-order valence-corrected chi connectivity index (χ1v) is 9.71. The van der Waals surface area contributed by atoms with E-state index < -0.39 is 5.97 Å². The zero-order valence-electron chi connectivity index (χ0n) is 17.4. The maximum absolute atomic E-state index is 12.7. The molecule has 1 heterocycles. The molecule has 0 aliphatic heterocycles. The summed E-state index contributed by atoms with van der Waals surface area (Å²) in [6.45, 7) is 3.28. The Hall–Kier alpha value is -2.83. The quantitative estimate of drug-likeness (QED) is 0.441. The van der Waals surface area contributed by atoms with Crippen LogP contribution in [-0.4, -0.2) is 32.3 Å². The molecule has 1 aromatic heterocycles. The van der Waals surface area contributed by atoms with Crippen LogP contribution in [0.25, 0.3) is 11.0 Å². The van der Waals surface area contributed by atoms with Crippen LogP contribution in [0, 0.1) is 0 Å². The lowest BCUT2D eigenvalue weighted by molar-refractivity contribution is -0.145. The predicted molar refractivity (Wildman–Crippen MR) is 108 cm³/mol. The van der Waals surface area contributed by atoms with E-state index in [-0.39, 0.29) is 23.9 Å². The number of carbonyl (C=O) groups excluding carboxylic acids is 2. The summed E-state index contributed by atoms with van der Waals surface area (Å²) < 4.78 is 21.0. The molecular weight excluding hydrogens is 376 g/mol. The molecule has 158 valence electrons. The number of esters is 2. The van der Waals surface area contributed by atoms with Gasteiger partial charge in [0.2, 0.25) is 0 Å². The molecule has 0 aliphatic rings. The molecule has 0 spiro atoms. The third-order valence-electron chi connectivity index (χ3n) is 4.64. The Bertz CT molecular complexity index is 913. The van der Waals surface area contributed by atoms with Crippen molar-refractivity contribution in [2.24, 2.45) is 0 Å². The maximum atomic E-state index is 12.7. The topological polar surface area (TPSA) is 92.0 Å². The van der Waals surface area contributed by atoms with E-state index in [9.17, 15) is 14.4 Å². The van der Waals surface area contributed by atoms with Gasteiger partial charge in [-0.3, -0.25) is 14.4 Å². The van der Waals surface area contributed by atoms with Crippen molar-refractivity contribution < 1.29 is 28.2 Å². The molecule has 0 fully saturated rings. The minimum atomic E-state index is -0.439. The fourth-order valence-electron chi connectivity index (χ4n) is 3.25. The van der Waals surface area contributed by atoms with Crippen LogP contribution in [0.5, 0.6) is 5.75 Å². The van der Waals surface area contributed by atoms with E-state index in [0.29, 0.717) is 34.5 Å². The Balaban J connectivity index is 2.09. The smallest absolute Gasteiger partial charge is 0.310 e. The second-order valence-electron chi connectivity index (χ2n) is 7.01. The number of ether oxygens (including phenoxy) is 3. The average molecular weight is 404 g/mol. The van der Waals surface area contributed by atoms with Gasteiger partial charge in [-0.2, -0.15) is 0 Å². The van der Waals surface area contributed by atoms with Gasteiger partial charge in [0.1, 0.15) is 17.1 Å². The number of benzene rings is 1. The predicted octanol–water partition coefficient (Wildman–Crippen LogP) is 3.57. The molecular formula is C22H28O7. The van der Waals surface area contributed by atoms with Gasteiger partial charge in [0.25, 0.3) is 0 Å². The van der Waals surface area contributed by atoms with Crippen LogP contribution < -0.4 is 10.2 Å². The molecule has 0 bridgehead atoms. The molecule has 2 aromatic rings. The number of carbonyl (C=O) groups is 2. The van der Waals surface area contributed by atoms with Crippen molar-refractivity contribution in [2.75, 3.05) is 14.2 Å². The average Bonchev–Trinajstić information content (AvgIpc) is 2.66. The van der Waals surface area contributed by atoms with Gasteiger partial charge in [-0.25, -0.2) is 0 Å². The van der Waals surface area contributed by atoms with Gasteiger partial charge in [-0.15, -0.1) is 0 Å². The van der Waals surface area contributed by atoms with Crippen LogP contribution in [0.1, 0.15) is 50.9 Å². The van der Waals surface area contributed by atoms with Crippen molar-refractivity contribution in [3.63, 3.8) is 0 Å². The number of fused-ring (bicyclic) bond motifs is 1. The highest BCUT2D eigenvalue weighted by atomic mass is 16.5. The van der Waals surface area contributed by atoms with Gasteiger partial charge in [-0.1, -0.05) is 6.42 Å². The van der Waals surface area contributed by atoms with Crippen molar-refractivity contribution in [1.29, 1.82) is 0 Å². The van der Waals surface area contributed by atoms with Crippen molar-refractivity contribution in [2.45, 2.75) is 58.5 Å². The number of methoxy groups -OCH3 is 2. The molecule has 2 rings (SSSR count). The SMILES string of the molecule is COC(=O)Cc1cc(OC)cc2oc(CCCCC[C@H](C)OC(C)=O)cc(=O)c12. The Morgan fingerprint density at radius 3 is 2.52 bits per heavy atom. The number of hydrogen-bond donors (Lipinski definition) is 0. The third kappa shape index (κ3) is 6.62. The summed E-state index contributed by atoms with van der Waals surface area (Å²) in [5.41, 5.74) is 0.728. The van der Waals surface area contributed by atoms with E-state index in [0.717, 1.165) is 25.7 Å². The lowest BCUT2D eigenvalue weighted by Crippen LogP contribution is -2.11. The zero-order valence-corrected chi connectivity index (χ0v) is 17.4. The standard InChI is InChI=1S/C22H28O7/c1-14(28-15(2)23)8-6-5-7-9-17-12-19(24)22-16(11-21(25)27-4)10-18(26-3)13-20(22)29-17/h10,12-14H,5-9,11H2,1-4H3/t14-/m0/s1. The molecule has 1 aromatic carbocycles. The number of rotatable bonds is 10. The summed E-state index contributed by atoms with van der Waals surface area (Å²) in [4.78, 5) is 35.3. The normalized spacial score (nSPS) is 11.9. The second-order valence-corrected chi connectivity index (χ2v) is 7.01. The first kappa shape index (κ1) is 22.5. The molecule has 29 heavy (non-hydrogen) atoms. The van der Waals surface area contributed by atoms with Gasteiger partial charge in [0.15, 0.2) is 5.43 Å². The zero-order chi connectivity index (χ0) is 21.4. The van der Waals surface area contributed by atoms with E-state index in [1.165, 1.54) is 27.2 Å². The van der Waals surface area contributed by atoms with Gasteiger partial charge in [-0.05, 0) is 37.8 Å². The van der Waals surface area contributed by atoms with E-state index in [2.05, 4.69) is 0 Å². The van der Waals surface area contributed by atoms with Gasteiger partial charge in [0.05, 0.1) is 32.1 Å². The summed E-state index contributed by atoms with van der Waals surface area (Å²) in [5, 5.41) is 0.371. The molecule has 0 amide bonds. The molecule has 0 radical (unpaired) electrons. The number of unbranched alkanes of at least 4 members (excludes halogenated alkanes) is 2. The number of aryl methyl sites for hydroxylation is 1. The first-order valence-electron chi connectivity index (χ1n) is 9.71. The fourth-order valence-corrected chi connectivity index (χ4v) is 3.25. The fraction of sp³-hybridized carbons (Fsp3) is 0.500. The van der Waals surface area contributed by atoms with Crippen molar-refractivity contribution in [3.8, 4) is 5.75 Å². The highest BCUT2D eigenvalue weighted by Crippen LogP contribution is 2.25. The largest absolute Gasteiger partial charge is 0.497 e. The minimum Gasteiger partial charge on any atom is -0.497 e. The van der Waals surface area contributed by atoms with E-state index >= 15 is 0 Å². The highest BCUT2D eigenvalue weighted by Gasteiger charge is 2.15. The van der Waals surface area contributed by atoms with Crippen molar-refractivity contribution in [3.05, 3.63) is 39.7 Å². The molecule has 7 heteroatoms. The molecule has 0 N–H and O–H groups in total. The second kappa shape index (κ2) is 10.6. The molecule has 0 saturated heterocycles. The summed E-state index contributed by atoms with van der Waals surface area (Å²) in [6.07, 6.45) is 4.00. The lowest BCUT2D eigenvalue weighted by Gasteiger charge is -2.11. The summed E-state index contributed by atoms with van der Waals surface area (Å²) in [7, 11) is 2.82. The van der Waals surface area contributed by atoms with Gasteiger partial charge < -0.3 is 18.6 Å². The summed E-state index contributed by atoms with van der Waals surface area (Å²) in [6, 6.07) is 4.79. The Morgan fingerprint density at radius 1 is 1.10 bits per heavy atom. The monoisotopic (exact) mass is 404 g/mol. The maximum Gasteiger partial charge on any atom is 0.310 e. The molecule has 0 saturated carbocycles. The first-order chi connectivity index (χ1) is 13.8.